The normalized spacial score (nSPS) is 10.1. The maximum atomic E-state index is 5.87. The Hall–Kier alpha value is -2.42. The third-order valence-electron chi connectivity index (χ3n) is 2.98. The number of hydrogen-bond donors (Lipinski definition) is 1. The van der Waals surface area contributed by atoms with Gasteiger partial charge in [0.15, 0.2) is 0 Å². The SMILES string of the molecule is C=CCc1cc(N)ccc1OCc1cccc(OC)c1. The molecule has 0 bridgehead atoms. The number of methoxy groups -OCH3 is 1. The van der Waals surface area contributed by atoms with Crippen LogP contribution in [0.4, 0.5) is 5.69 Å². The molecule has 0 aromatic heterocycles. The van der Waals surface area contributed by atoms with Crippen molar-refractivity contribution in [3.63, 3.8) is 0 Å². The lowest BCUT2D eigenvalue weighted by Crippen LogP contribution is -1.99. The van der Waals surface area contributed by atoms with Crippen LogP contribution in [0.15, 0.2) is 55.1 Å². The highest BCUT2D eigenvalue weighted by atomic mass is 16.5. The van der Waals surface area contributed by atoms with E-state index >= 15 is 0 Å². The van der Waals surface area contributed by atoms with Crippen molar-refractivity contribution >= 4 is 5.69 Å². The van der Waals surface area contributed by atoms with Crippen molar-refractivity contribution in [2.24, 2.45) is 0 Å². The van der Waals surface area contributed by atoms with Gasteiger partial charge in [-0.05, 0) is 47.9 Å². The van der Waals surface area contributed by atoms with Crippen LogP contribution >= 0.6 is 0 Å². The van der Waals surface area contributed by atoms with E-state index in [1.807, 2.05) is 48.5 Å². The quantitative estimate of drug-likeness (QED) is 0.644. The Morgan fingerprint density at radius 1 is 1.20 bits per heavy atom. The molecule has 0 amide bonds. The molecule has 0 aliphatic rings. The first-order chi connectivity index (χ1) is 9.72. The molecule has 3 heteroatoms. The number of rotatable bonds is 6. The van der Waals surface area contributed by atoms with Crippen LogP contribution in [0.5, 0.6) is 11.5 Å². The highest BCUT2D eigenvalue weighted by Gasteiger charge is 2.04. The molecule has 0 atom stereocenters. The lowest BCUT2D eigenvalue weighted by Gasteiger charge is -2.12. The van der Waals surface area contributed by atoms with E-state index in [9.17, 15) is 0 Å². The smallest absolute Gasteiger partial charge is 0.123 e. The van der Waals surface area contributed by atoms with E-state index in [4.69, 9.17) is 15.2 Å². The zero-order valence-electron chi connectivity index (χ0n) is 11.6. The first-order valence-corrected chi connectivity index (χ1v) is 6.48. The van der Waals surface area contributed by atoms with Crippen LogP contribution in [-0.4, -0.2) is 7.11 Å². The molecule has 0 aliphatic carbocycles. The Morgan fingerprint density at radius 3 is 2.80 bits per heavy atom. The van der Waals surface area contributed by atoms with Crippen LogP contribution in [0.1, 0.15) is 11.1 Å². The van der Waals surface area contributed by atoms with Gasteiger partial charge in [-0.1, -0.05) is 18.2 Å². The summed E-state index contributed by atoms with van der Waals surface area (Å²) in [5.74, 6) is 1.66. The fourth-order valence-electron chi connectivity index (χ4n) is 1.98. The molecule has 2 rings (SSSR count). The summed E-state index contributed by atoms with van der Waals surface area (Å²) in [5.41, 5.74) is 8.63. The van der Waals surface area contributed by atoms with E-state index < -0.39 is 0 Å². The summed E-state index contributed by atoms with van der Waals surface area (Å²) in [7, 11) is 1.65. The predicted molar refractivity (Wildman–Crippen MR) is 82.1 cm³/mol. The molecule has 0 radical (unpaired) electrons. The third kappa shape index (κ3) is 3.54. The van der Waals surface area contributed by atoms with Gasteiger partial charge in [0.1, 0.15) is 18.1 Å². The van der Waals surface area contributed by atoms with Crippen LogP contribution in [-0.2, 0) is 13.0 Å². The molecule has 0 saturated heterocycles. The zero-order valence-corrected chi connectivity index (χ0v) is 11.6. The molecule has 2 aromatic carbocycles. The third-order valence-corrected chi connectivity index (χ3v) is 2.98. The first kappa shape index (κ1) is 14.0. The number of nitrogens with two attached hydrogens (primary N) is 1. The van der Waals surface area contributed by atoms with Gasteiger partial charge in [-0.3, -0.25) is 0 Å². The largest absolute Gasteiger partial charge is 0.497 e. The average molecular weight is 269 g/mol. The summed E-state index contributed by atoms with van der Waals surface area (Å²) in [4.78, 5) is 0. The van der Waals surface area contributed by atoms with Gasteiger partial charge < -0.3 is 15.2 Å². The van der Waals surface area contributed by atoms with E-state index in [-0.39, 0.29) is 0 Å². The van der Waals surface area contributed by atoms with Crippen LogP contribution < -0.4 is 15.2 Å². The zero-order chi connectivity index (χ0) is 14.4. The van der Waals surface area contributed by atoms with Crippen molar-refractivity contribution in [3.8, 4) is 11.5 Å². The standard InChI is InChI=1S/C17H19NO2/c1-3-5-14-11-15(18)8-9-17(14)20-12-13-6-4-7-16(10-13)19-2/h3-4,6-11H,1,5,12,18H2,2H3. The van der Waals surface area contributed by atoms with E-state index in [0.29, 0.717) is 6.61 Å². The van der Waals surface area contributed by atoms with Gasteiger partial charge in [-0.25, -0.2) is 0 Å². The Morgan fingerprint density at radius 2 is 2.05 bits per heavy atom. The molecule has 0 heterocycles. The number of hydrogen-bond acceptors (Lipinski definition) is 3. The summed E-state index contributed by atoms with van der Waals surface area (Å²) in [6.07, 6.45) is 2.58. The summed E-state index contributed by atoms with van der Waals surface area (Å²) >= 11 is 0. The van der Waals surface area contributed by atoms with E-state index in [1.54, 1.807) is 7.11 Å². The lowest BCUT2D eigenvalue weighted by molar-refractivity contribution is 0.302. The number of ether oxygens (including phenoxy) is 2. The second-order valence-electron chi connectivity index (χ2n) is 4.50. The maximum absolute atomic E-state index is 5.87. The molecule has 2 N–H and O–H groups in total. The molecule has 20 heavy (non-hydrogen) atoms. The number of benzene rings is 2. The molecule has 2 aromatic rings. The monoisotopic (exact) mass is 269 g/mol. The highest BCUT2D eigenvalue weighted by Crippen LogP contribution is 2.24. The van der Waals surface area contributed by atoms with Crippen LogP contribution in [0, 0.1) is 0 Å². The van der Waals surface area contributed by atoms with Crippen molar-refractivity contribution < 1.29 is 9.47 Å². The molecule has 0 unspecified atom stereocenters. The van der Waals surface area contributed by atoms with E-state index in [1.165, 1.54) is 0 Å². The Balaban J connectivity index is 2.11. The van der Waals surface area contributed by atoms with Gasteiger partial charge in [-0.2, -0.15) is 0 Å². The van der Waals surface area contributed by atoms with Gasteiger partial charge in [-0.15, -0.1) is 6.58 Å². The fraction of sp³-hybridized carbons (Fsp3) is 0.176. The van der Waals surface area contributed by atoms with Gasteiger partial charge in [0.2, 0.25) is 0 Å². The molecule has 0 fully saturated rings. The molecule has 3 nitrogen and oxygen atoms in total. The Kier molecular flexibility index (Phi) is 4.66. The second kappa shape index (κ2) is 6.66. The summed E-state index contributed by atoms with van der Waals surface area (Å²) in [5, 5.41) is 0. The van der Waals surface area contributed by atoms with Crippen molar-refractivity contribution in [1.29, 1.82) is 0 Å². The van der Waals surface area contributed by atoms with Crippen LogP contribution in [0.2, 0.25) is 0 Å². The van der Waals surface area contributed by atoms with Crippen LogP contribution in [0.25, 0.3) is 0 Å². The van der Waals surface area contributed by atoms with Gasteiger partial charge in [0, 0.05) is 5.69 Å². The lowest BCUT2D eigenvalue weighted by atomic mass is 10.1. The first-order valence-electron chi connectivity index (χ1n) is 6.48. The minimum absolute atomic E-state index is 0.491. The van der Waals surface area contributed by atoms with Gasteiger partial charge in [0.05, 0.1) is 7.11 Å². The summed E-state index contributed by atoms with van der Waals surface area (Å²) in [6, 6.07) is 13.5. The topological polar surface area (TPSA) is 44.5 Å². The van der Waals surface area contributed by atoms with Crippen molar-refractivity contribution in [1.82, 2.24) is 0 Å². The molecule has 0 aliphatic heterocycles. The fourth-order valence-corrected chi connectivity index (χ4v) is 1.98. The second-order valence-corrected chi connectivity index (χ2v) is 4.50. The van der Waals surface area contributed by atoms with Gasteiger partial charge >= 0.3 is 0 Å². The minimum atomic E-state index is 0.491. The maximum Gasteiger partial charge on any atom is 0.123 e. The van der Waals surface area contributed by atoms with Crippen molar-refractivity contribution in [3.05, 3.63) is 66.2 Å². The Labute approximate surface area is 119 Å². The van der Waals surface area contributed by atoms with E-state index in [0.717, 1.165) is 34.7 Å². The molecule has 0 saturated carbocycles. The molecular weight excluding hydrogens is 250 g/mol. The van der Waals surface area contributed by atoms with Crippen molar-refractivity contribution in [2.45, 2.75) is 13.0 Å². The number of anilines is 1. The molecule has 104 valence electrons. The molecular formula is C17H19NO2. The Bertz CT molecular complexity index is 593. The summed E-state index contributed by atoms with van der Waals surface area (Å²) in [6.45, 7) is 4.25. The highest BCUT2D eigenvalue weighted by molar-refractivity contribution is 5.48. The summed E-state index contributed by atoms with van der Waals surface area (Å²) < 4.78 is 11.1. The molecule has 0 spiro atoms. The average Bonchev–Trinajstić information content (AvgIpc) is 2.47. The van der Waals surface area contributed by atoms with Gasteiger partial charge in [0.25, 0.3) is 0 Å². The van der Waals surface area contributed by atoms with Crippen LogP contribution in [0.3, 0.4) is 0 Å². The number of nitrogen functional groups attached to an aromatic ring is 1. The predicted octanol–water partition coefficient (Wildman–Crippen LogP) is 3.58. The van der Waals surface area contributed by atoms with Crippen molar-refractivity contribution in [2.75, 3.05) is 12.8 Å². The number of allylic oxidation sites excluding steroid dienone is 1. The van der Waals surface area contributed by atoms with E-state index in [2.05, 4.69) is 6.58 Å². The minimum Gasteiger partial charge on any atom is -0.497 e.